The molecule has 0 amide bonds. The molecule has 2 aromatic heterocycles. The zero-order chi connectivity index (χ0) is 18.8. The lowest BCUT2D eigenvalue weighted by molar-refractivity contribution is 0.152. The normalized spacial score (nSPS) is 19.8. The third-order valence-electron chi connectivity index (χ3n) is 4.62. The summed E-state index contributed by atoms with van der Waals surface area (Å²) in [6.45, 7) is 0. The number of rotatable bonds is 4. The van der Waals surface area contributed by atoms with Gasteiger partial charge >= 0.3 is 0 Å². The Morgan fingerprint density at radius 3 is 2.67 bits per heavy atom. The van der Waals surface area contributed by atoms with Crippen LogP contribution in [0.4, 0.5) is 15.9 Å². The Labute approximate surface area is 160 Å². The molecule has 2 heterocycles. The molecule has 1 aromatic carbocycles. The smallest absolute Gasteiger partial charge is 0.202 e. The maximum atomic E-state index is 13.9. The van der Waals surface area contributed by atoms with E-state index in [-0.39, 0.29) is 23.1 Å². The largest absolute Gasteiger partial charge is 0.488 e. The Bertz CT molecular complexity index is 964. The Kier molecular flexibility index (Phi) is 4.89. The van der Waals surface area contributed by atoms with Crippen LogP contribution >= 0.6 is 11.6 Å². The molecule has 7 nitrogen and oxygen atoms in total. The van der Waals surface area contributed by atoms with E-state index in [0.717, 1.165) is 25.7 Å². The molecule has 0 unspecified atom stereocenters. The van der Waals surface area contributed by atoms with Gasteiger partial charge in [-0.2, -0.15) is 4.39 Å². The summed E-state index contributed by atoms with van der Waals surface area (Å²) in [5.74, 6) is 0.155. The van der Waals surface area contributed by atoms with E-state index in [9.17, 15) is 4.39 Å². The van der Waals surface area contributed by atoms with Gasteiger partial charge in [0.15, 0.2) is 11.0 Å². The van der Waals surface area contributed by atoms with Gasteiger partial charge in [0.05, 0.1) is 11.6 Å². The second kappa shape index (κ2) is 7.48. The lowest BCUT2D eigenvalue weighted by Gasteiger charge is -2.30. The van der Waals surface area contributed by atoms with E-state index in [1.807, 2.05) is 0 Å². The van der Waals surface area contributed by atoms with Gasteiger partial charge < -0.3 is 15.8 Å². The van der Waals surface area contributed by atoms with Crippen molar-refractivity contribution in [2.24, 2.45) is 0 Å². The van der Waals surface area contributed by atoms with Gasteiger partial charge in [-0.1, -0.05) is 11.6 Å². The number of aromatic nitrogens is 4. The van der Waals surface area contributed by atoms with Crippen molar-refractivity contribution in [2.75, 3.05) is 11.1 Å². The van der Waals surface area contributed by atoms with Crippen molar-refractivity contribution in [2.45, 2.75) is 37.8 Å². The zero-order valence-corrected chi connectivity index (χ0v) is 15.2. The summed E-state index contributed by atoms with van der Waals surface area (Å²) in [5.41, 5.74) is 7.94. The standard InChI is InChI=1S/C18H18ClFN6O/c19-17-15(20)18(25-9-24-17)26-11-1-3-12(4-2-11)27-14-8-10(21)7-13-16(14)23-6-5-22-13/h5-9,11-12H,1-4,21H2,(H,24,25,26). The van der Waals surface area contributed by atoms with Crippen molar-refractivity contribution >= 4 is 34.1 Å². The van der Waals surface area contributed by atoms with Crippen LogP contribution in [0.3, 0.4) is 0 Å². The molecule has 27 heavy (non-hydrogen) atoms. The molecule has 0 saturated heterocycles. The number of hydrogen-bond acceptors (Lipinski definition) is 7. The van der Waals surface area contributed by atoms with Gasteiger partial charge in [-0.15, -0.1) is 0 Å². The third kappa shape index (κ3) is 3.85. The topological polar surface area (TPSA) is 98.8 Å². The number of halogens is 2. The van der Waals surface area contributed by atoms with E-state index >= 15 is 0 Å². The minimum absolute atomic E-state index is 0.0360. The fourth-order valence-corrected chi connectivity index (χ4v) is 3.43. The van der Waals surface area contributed by atoms with Gasteiger partial charge in [0, 0.05) is 30.2 Å². The van der Waals surface area contributed by atoms with Crippen LogP contribution in [0.25, 0.3) is 11.0 Å². The van der Waals surface area contributed by atoms with Crippen LogP contribution in [0.5, 0.6) is 5.75 Å². The van der Waals surface area contributed by atoms with Crippen LogP contribution in [0.2, 0.25) is 5.15 Å². The highest BCUT2D eigenvalue weighted by Gasteiger charge is 2.24. The van der Waals surface area contributed by atoms with E-state index in [0.29, 0.717) is 22.5 Å². The predicted octanol–water partition coefficient (Wildman–Crippen LogP) is 3.60. The number of nitrogens with one attached hydrogen (secondary N) is 1. The Balaban J connectivity index is 1.41. The molecule has 3 N–H and O–H groups in total. The highest BCUT2D eigenvalue weighted by Crippen LogP contribution is 2.31. The highest BCUT2D eigenvalue weighted by molar-refractivity contribution is 6.29. The number of benzene rings is 1. The van der Waals surface area contributed by atoms with E-state index < -0.39 is 5.82 Å². The van der Waals surface area contributed by atoms with Crippen LogP contribution in [-0.2, 0) is 0 Å². The van der Waals surface area contributed by atoms with Crippen LogP contribution in [0, 0.1) is 5.82 Å². The minimum atomic E-state index is -0.623. The van der Waals surface area contributed by atoms with Gasteiger partial charge in [-0.25, -0.2) is 15.0 Å². The summed E-state index contributed by atoms with van der Waals surface area (Å²) >= 11 is 5.70. The molecule has 1 saturated carbocycles. The van der Waals surface area contributed by atoms with Crippen molar-refractivity contribution < 1.29 is 9.13 Å². The summed E-state index contributed by atoms with van der Waals surface area (Å²) in [4.78, 5) is 16.2. The number of nitrogens with zero attached hydrogens (tertiary/aromatic N) is 4. The van der Waals surface area contributed by atoms with Crippen LogP contribution in [0.15, 0.2) is 30.9 Å². The molecule has 0 spiro atoms. The Morgan fingerprint density at radius 2 is 1.85 bits per heavy atom. The first-order chi connectivity index (χ1) is 13.1. The van der Waals surface area contributed by atoms with Crippen LogP contribution in [0.1, 0.15) is 25.7 Å². The molecule has 1 aliphatic carbocycles. The summed E-state index contributed by atoms with van der Waals surface area (Å²) in [7, 11) is 0. The number of nitrogens with two attached hydrogens (primary N) is 1. The summed E-state index contributed by atoms with van der Waals surface area (Å²) in [6, 6.07) is 3.65. The quantitative estimate of drug-likeness (QED) is 0.520. The molecular weight excluding hydrogens is 371 g/mol. The van der Waals surface area contributed by atoms with Gasteiger partial charge in [0.1, 0.15) is 17.6 Å². The molecule has 140 valence electrons. The molecule has 0 bridgehead atoms. The molecule has 4 rings (SSSR count). The van der Waals surface area contributed by atoms with E-state index in [1.165, 1.54) is 6.33 Å². The van der Waals surface area contributed by atoms with E-state index in [4.69, 9.17) is 22.1 Å². The van der Waals surface area contributed by atoms with Crippen molar-refractivity contribution in [1.29, 1.82) is 0 Å². The Hall–Kier alpha value is -2.74. The molecule has 1 fully saturated rings. The number of anilines is 2. The summed E-state index contributed by atoms with van der Waals surface area (Å²) in [6.07, 6.45) is 7.80. The maximum absolute atomic E-state index is 13.9. The SMILES string of the molecule is Nc1cc(OC2CCC(Nc3ncnc(Cl)c3F)CC2)c2nccnc2c1. The van der Waals surface area contributed by atoms with Gasteiger partial charge in [0.2, 0.25) is 5.82 Å². The minimum Gasteiger partial charge on any atom is -0.488 e. The average Bonchev–Trinajstić information content (AvgIpc) is 2.67. The predicted molar refractivity (Wildman–Crippen MR) is 101 cm³/mol. The molecular formula is C18H18ClFN6O. The maximum Gasteiger partial charge on any atom is 0.202 e. The van der Waals surface area contributed by atoms with Crippen molar-refractivity contribution in [3.8, 4) is 5.75 Å². The lowest BCUT2D eigenvalue weighted by Crippen LogP contribution is -2.32. The lowest BCUT2D eigenvalue weighted by atomic mass is 9.93. The highest BCUT2D eigenvalue weighted by atomic mass is 35.5. The van der Waals surface area contributed by atoms with Crippen LogP contribution < -0.4 is 15.8 Å². The molecule has 0 aliphatic heterocycles. The summed E-state index contributed by atoms with van der Waals surface area (Å²) in [5, 5.41) is 2.92. The molecule has 1 aliphatic rings. The first kappa shape index (κ1) is 17.7. The fourth-order valence-electron chi connectivity index (χ4n) is 3.30. The van der Waals surface area contributed by atoms with Crippen molar-refractivity contribution in [3.05, 3.63) is 41.8 Å². The molecule has 0 atom stereocenters. The fraction of sp³-hybridized carbons (Fsp3) is 0.333. The van der Waals surface area contributed by atoms with Crippen molar-refractivity contribution in [1.82, 2.24) is 19.9 Å². The van der Waals surface area contributed by atoms with Crippen molar-refractivity contribution in [3.63, 3.8) is 0 Å². The number of ether oxygens (including phenoxy) is 1. The Morgan fingerprint density at radius 1 is 1.07 bits per heavy atom. The first-order valence-corrected chi connectivity index (χ1v) is 9.07. The van der Waals surface area contributed by atoms with Gasteiger partial charge in [-0.05, 0) is 31.7 Å². The number of hydrogen-bond donors (Lipinski definition) is 2. The molecule has 0 radical (unpaired) electrons. The first-order valence-electron chi connectivity index (χ1n) is 8.69. The number of fused-ring (bicyclic) bond motifs is 1. The summed E-state index contributed by atoms with van der Waals surface area (Å²) < 4.78 is 20.1. The monoisotopic (exact) mass is 388 g/mol. The average molecular weight is 389 g/mol. The van der Waals surface area contributed by atoms with E-state index in [2.05, 4.69) is 25.3 Å². The molecule has 3 aromatic rings. The second-order valence-corrected chi connectivity index (χ2v) is 6.86. The number of nitrogen functional groups attached to an aromatic ring is 1. The van der Waals surface area contributed by atoms with Gasteiger partial charge in [0.25, 0.3) is 0 Å². The third-order valence-corrected chi connectivity index (χ3v) is 4.88. The second-order valence-electron chi connectivity index (χ2n) is 6.51. The van der Waals surface area contributed by atoms with Crippen LogP contribution in [-0.4, -0.2) is 32.1 Å². The molecule has 9 heteroatoms. The van der Waals surface area contributed by atoms with E-state index in [1.54, 1.807) is 24.5 Å². The van der Waals surface area contributed by atoms with Gasteiger partial charge in [-0.3, -0.25) is 4.98 Å². The zero-order valence-electron chi connectivity index (χ0n) is 14.4.